The van der Waals surface area contributed by atoms with E-state index in [9.17, 15) is 10.0 Å². The van der Waals surface area contributed by atoms with Crippen molar-refractivity contribution in [3.05, 3.63) is 23.5 Å². The second-order valence-corrected chi connectivity index (χ2v) is 5.34. The van der Waals surface area contributed by atoms with E-state index in [2.05, 4.69) is 10.2 Å². The highest BCUT2D eigenvalue weighted by Crippen LogP contribution is 2.24. The summed E-state index contributed by atoms with van der Waals surface area (Å²) in [6.45, 7) is 4.74. The molecule has 114 valence electrons. The third kappa shape index (κ3) is 4.98. The van der Waals surface area contributed by atoms with Gasteiger partial charge in [0.15, 0.2) is 5.69 Å². The van der Waals surface area contributed by atoms with E-state index in [1.54, 1.807) is 20.8 Å². The molecule has 0 aliphatic heterocycles. The van der Waals surface area contributed by atoms with Crippen LogP contribution in [0.25, 0.3) is 0 Å². The van der Waals surface area contributed by atoms with E-state index in [1.807, 2.05) is 6.07 Å². The molecule has 0 fully saturated rings. The minimum atomic E-state index is -0.948. The van der Waals surface area contributed by atoms with Crippen LogP contribution in [0.3, 0.4) is 0 Å². The van der Waals surface area contributed by atoms with Crippen LogP contribution in [-0.2, 0) is 4.74 Å². The second kappa shape index (κ2) is 6.97. The van der Waals surface area contributed by atoms with Crippen LogP contribution in [0.2, 0.25) is 0 Å². The topological polar surface area (TPSA) is 120 Å². The van der Waals surface area contributed by atoms with Crippen molar-refractivity contribution in [2.24, 2.45) is 0 Å². The van der Waals surface area contributed by atoms with Crippen LogP contribution < -0.4 is 0 Å². The zero-order valence-corrected chi connectivity index (χ0v) is 12.1. The summed E-state index contributed by atoms with van der Waals surface area (Å²) in [6.07, 6.45) is 0.428. The summed E-state index contributed by atoms with van der Waals surface area (Å²) in [4.78, 5) is 11.9. The Labute approximate surface area is 122 Å². The Bertz CT molecular complexity index is 536. The lowest BCUT2D eigenvalue weighted by Crippen LogP contribution is -2.37. The third-order valence-electron chi connectivity index (χ3n) is 2.45. The van der Waals surface area contributed by atoms with Gasteiger partial charge < -0.3 is 9.84 Å². The predicted octanol–water partition coefficient (Wildman–Crippen LogP) is 1.40. The van der Waals surface area contributed by atoms with E-state index in [0.717, 1.165) is 0 Å². The highest BCUT2D eigenvalue weighted by molar-refractivity contribution is 5.67. The fraction of sp³-hybridized carbons (Fsp3) is 0.538. The average Bonchev–Trinajstić information content (AvgIpc) is 2.42. The summed E-state index contributed by atoms with van der Waals surface area (Å²) in [5, 5.41) is 35.5. The van der Waals surface area contributed by atoms with E-state index < -0.39 is 17.7 Å². The highest BCUT2D eigenvalue weighted by Gasteiger charge is 2.28. The van der Waals surface area contributed by atoms with E-state index in [4.69, 9.17) is 15.1 Å². The first-order valence-electron chi connectivity index (χ1n) is 6.33. The Hall–Kier alpha value is -2.24. The molecule has 1 amide bonds. The third-order valence-corrected chi connectivity index (χ3v) is 2.45. The molecule has 1 aromatic rings. The second-order valence-electron chi connectivity index (χ2n) is 5.34. The summed E-state index contributed by atoms with van der Waals surface area (Å²) in [5.41, 5.74) is -0.340. The summed E-state index contributed by atoms with van der Waals surface area (Å²) >= 11 is 0. The number of nitrogens with zero attached hydrogens (tertiary/aromatic N) is 4. The van der Waals surface area contributed by atoms with Gasteiger partial charge in [-0.05, 0) is 33.3 Å². The molecular formula is C13H18N4O4. The van der Waals surface area contributed by atoms with Crippen molar-refractivity contribution in [3.8, 4) is 6.07 Å². The molecule has 0 aromatic carbocycles. The number of rotatable bonds is 4. The number of hydrogen-bond donors (Lipinski definition) is 2. The molecule has 0 aliphatic carbocycles. The van der Waals surface area contributed by atoms with Crippen molar-refractivity contribution in [2.45, 2.75) is 38.8 Å². The number of ether oxygens (including phenoxy) is 1. The maximum atomic E-state index is 11.9. The van der Waals surface area contributed by atoms with Gasteiger partial charge in [-0.2, -0.15) is 15.4 Å². The molecule has 0 saturated heterocycles. The number of carbonyl (C=O) groups is 1. The lowest BCUT2D eigenvalue weighted by Gasteiger charge is -2.28. The molecule has 1 rings (SSSR count). The zero-order valence-electron chi connectivity index (χ0n) is 12.1. The monoisotopic (exact) mass is 294 g/mol. The summed E-state index contributed by atoms with van der Waals surface area (Å²) in [7, 11) is 0. The lowest BCUT2D eigenvalue weighted by atomic mass is 10.1. The molecule has 0 saturated carbocycles. The fourth-order valence-corrected chi connectivity index (χ4v) is 1.61. The molecule has 1 heterocycles. The van der Waals surface area contributed by atoms with Crippen LogP contribution in [0.4, 0.5) is 4.79 Å². The van der Waals surface area contributed by atoms with E-state index >= 15 is 0 Å². The van der Waals surface area contributed by atoms with Gasteiger partial charge in [0.05, 0.1) is 12.2 Å². The molecule has 0 spiro atoms. The summed E-state index contributed by atoms with van der Waals surface area (Å²) in [6, 6.07) is 2.33. The Balaban J connectivity index is 3.00. The molecule has 8 heteroatoms. The predicted molar refractivity (Wildman–Crippen MR) is 71.1 cm³/mol. The van der Waals surface area contributed by atoms with Crippen molar-refractivity contribution in [1.29, 1.82) is 5.26 Å². The van der Waals surface area contributed by atoms with Crippen LogP contribution in [0.1, 0.15) is 44.5 Å². The minimum Gasteiger partial charge on any atom is -0.442 e. The van der Waals surface area contributed by atoms with Gasteiger partial charge in [0.2, 0.25) is 0 Å². The standard InChI is InChI=1S/C13H18N4O4/c1-13(2,3)21-12(19)17(20)11(4-5-18)9-6-10(7-14)16-15-8-9/h6,8,11,18,20H,4-5H2,1-3H3/t11-/m0/s1. The number of aromatic nitrogens is 2. The van der Waals surface area contributed by atoms with Crippen LogP contribution in [0.15, 0.2) is 12.3 Å². The largest absolute Gasteiger partial charge is 0.442 e. The van der Waals surface area contributed by atoms with Crippen molar-refractivity contribution in [1.82, 2.24) is 15.3 Å². The molecule has 0 radical (unpaired) electrons. The van der Waals surface area contributed by atoms with Gasteiger partial charge in [0, 0.05) is 12.2 Å². The van der Waals surface area contributed by atoms with Crippen LogP contribution in [0, 0.1) is 11.3 Å². The number of aliphatic hydroxyl groups is 1. The van der Waals surface area contributed by atoms with Gasteiger partial charge >= 0.3 is 6.09 Å². The maximum absolute atomic E-state index is 11.9. The van der Waals surface area contributed by atoms with Crippen LogP contribution in [0.5, 0.6) is 0 Å². The van der Waals surface area contributed by atoms with Gasteiger partial charge in [0.1, 0.15) is 11.7 Å². The van der Waals surface area contributed by atoms with Crippen molar-refractivity contribution >= 4 is 6.09 Å². The molecule has 0 bridgehead atoms. The van der Waals surface area contributed by atoms with Gasteiger partial charge in [-0.3, -0.25) is 5.21 Å². The van der Waals surface area contributed by atoms with Crippen LogP contribution in [-0.4, -0.2) is 43.9 Å². The summed E-state index contributed by atoms with van der Waals surface area (Å²) < 4.78 is 5.06. The first kappa shape index (κ1) is 16.8. The number of carbonyl (C=O) groups excluding carboxylic acids is 1. The Morgan fingerprint density at radius 1 is 1.57 bits per heavy atom. The molecule has 1 atom stereocenters. The van der Waals surface area contributed by atoms with E-state index in [0.29, 0.717) is 10.6 Å². The number of nitriles is 1. The maximum Gasteiger partial charge on any atom is 0.434 e. The zero-order chi connectivity index (χ0) is 16.0. The quantitative estimate of drug-likeness (QED) is 0.636. The van der Waals surface area contributed by atoms with Crippen molar-refractivity contribution in [3.63, 3.8) is 0 Å². The van der Waals surface area contributed by atoms with E-state index in [-0.39, 0.29) is 18.7 Å². The number of aliphatic hydroxyl groups excluding tert-OH is 1. The first-order valence-corrected chi connectivity index (χ1v) is 6.33. The summed E-state index contributed by atoms with van der Waals surface area (Å²) in [5.74, 6) is 0. The molecule has 8 nitrogen and oxygen atoms in total. The Morgan fingerprint density at radius 2 is 2.24 bits per heavy atom. The number of hydroxylamine groups is 2. The van der Waals surface area contributed by atoms with Gasteiger partial charge in [0.25, 0.3) is 0 Å². The van der Waals surface area contributed by atoms with Gasteiger partial charge in [-0.25, -0.2) is 4.79 Å². The molecule has 0 aliphatic rings. The molecule has 0 unspecified atom stereocenters. The molecular weight excluding hydrogens is 276 g/mol. The number of amides is 1. The molecule has 1 aromatic heterocycles. The molecule has 21 heavy (non-hydrogen) atoms. The highest BCUT2D eigenvalue weighted by atomic mass is 16.6. The van der Waals surface area contributed by atoms with Crippen molar-refractivity contribution < 1.29 is 19.8 Å². The van der Waals surface area contributed by atoms with Gasteiger partial charge in [-0.1, -0.05) is 0 Å². The lowest BCUT2D eigenvalue weighted by molar-refractivity contribution is -0.125. The van der Waals surface area contributed by atoms with Crippen molar-refractivity contribution in [2.75, 3.05) is 6.61 Å². The fourth-order valence-electron chi connectivity index (χ4n) is 1.61. The minimum absolute atomic E-state index is 0.0491. The normalized spacial score (nSPS) is 12.4. The average molecular weight is 294 g/mol. The molecule has 2 N–H and O–H groups in total. The first-order chi connectivity index (χ1) is 9.78. The van der Waals surface area contributed by atoms with Crippen LogP contribution >= 0.6 is 0 Å². The Kier molecular flexibility index (Phi) is 5.58. The smallest absolute Gasteiger partial charge is 0.434 e. The Morgan fingerprint density at radius 3 is 2.76 bits per heavy atom. The van der Waals surface area contributed by atoms with E-state index in [1.165, 1.54) is 12.3 Å². The SMILES string of the molecule is CC(C)(C)OC(=O)N(O)[C@@H](CCO)c1cnnc(C#N)c1. The van der Waals surface area contributed by atoms with Gasteiger partial charge in [-0.15, -0.1) is 5.10 Å². The number of hydrogen-bond acceptors (Lipinski definition) is 7.